The first kappa shape index (κ1) is 15.5. The van der Waals surface area contributed by atoms with E-state index < -0.39 is 0 Å². The number of fused-ring (bicyclic) bond motifs is 1. The zero-order valence-corrected chi connectivity index (χ0v) is 14.8. The van der Waals surface area contributed by atoms with Crippen molar-refractivity contribution in [2.24, 2.45) is 0 Å². The van der Waals surface area contributed by atoms with Gasteiger partial charge in [-0.05, 0) is 49.1 Å². The van der Waals surface area contributed by atoms with Crippen molar-refractivity contribution in [3.05, 3.63) is 71.4 Å². The summed E-state index contributed by atoms with van der Waals surface area (Å²) < 4.78 is 7.98. The molecule has 2 aromatic carbocycles. The van der Waals surface area contributed by atoms with Gasteiger partial charge in [0.15, 0.2) is 0 Å². The third-order valence-electron chi connectivity index (χ3n) is 5.50. The molecule has 0 unspecified atom stereocenters. The average Bonchev–Trinajstić information content (AvgIpc) is 3.24. The molecule has 3 aromatic rings. The van der Waals surface area contributed by atoms with Crippen molar-refractivity contribution in [2.45, 2.75) is 38.2 Å². The van der Waals surface area contributed by atoms with E-state index in [2.05, 4.69) is 34.3 Å². The van der Waals surface area contributed by atoms with Crippen molar-refractivity contribution >= 4 is 5.82 Å². The zero-order chi connectivity index (χ0) is 17.3. The van der Waals surface area contributed by atoms with Crippen LogP contribution in [0.4, 0.5) is 5.82 Å². The monoisotopic (exact) mass is 345 g/mol. The summed E-state index contributed by atoms with van der Waals surface area (Å²) in [6, 6.07) is 18.5. The Hall–Kier alpha value is -2.75. The van der Waals surface area contributed by atoms with Crippen LogP contribution in [0.2, 0.25) is 0 Å². The summed E-state index contributed by atoms with van der Waals surface area (Å²) in [6.07, 6.45) is 5.01. The van der Waals surface area contributed by atoms with Gasteiger partial charge >= 0.3 is 0 Å². The highest BCUT2D eigenvalue weighted by molar-refractivity contribution is 5.58. The van der Waals surface area contributed by atoms with Crippen LogP contribution in [0.1, 0.15) is 42.0 Å². The number of benzene rings is 2. The summed E-state index contributed by atoms with van der Waals surface area (Å²) >= 11 is 0. The Labute approximate surface area is 153 Å². The molecule has 1 aromatic heterocycles. The second-order valence-corrected chi connectivity index (χ2v) is 7.20. The van der Waals surface area contributed by atoms with Crippen LogP contribution in [-0.2, 0) is 13.0 Å². The normalized spacial score (nSPS) is 16.0. The molecule has 1 aliphatic carbocycles. The largest absolute Gasteiger partial charge is 0.489 e. The molecule has 132 valence electrons. The van der Waals surface area contributed by atoms with E-state index in [-0.39, 0.29) is 0 Å². The van der Waals surface area contributed by atoms with Gasteiger partial charge in [0.1, 0.15) is 18.2 Å². The van der Waals surface area contributed by atoms with Crippen LogP contribution in [0, 0.1) is 0 Å². The van der Waals surface area contributed by atoms with Gasteiger partial charge in [0.25, 0.3) is 0 Å². The van der Waals surface area contributed by atoms with Crippen molar-refractivity contribution < 1.29 is 4.74 Å². The number of nitrogens with zero attached hydrogens (tertiary/aromatic N) is 2. The molecular weight excluding hydrogens is 322 g/mol. The summed E-state index contributed by atoms with van der Waals surface area (Å²) in [5.74, 6) is 2.73. The second kappa shape index (κ2) is 6.52. The Balaban J connectivity index is 1.36. The second-order valence-electron chi connectivity index (χ2n) is 7.20. The Morgan fingerprint density at radius 2 is 1.85 bits per heavy atom. The highest BCUT2D eigenvalue weighted by Gasteiger charge is 2.30. The molecule has 5 rings (SSSR count). The molecular formula is C22H23N3O. The predicted molar refractivity (Wildman–Crippen MR) is 103 cm³/mol. The fourth-order valence-corrected chi connectivity index (χ4v) is 3.82. The molecule has 0 bridgehead atoms. The fraction of sp³-hybridized carbons (Fsp3) is 0.318. The van der Waals surface area contributed by atoms with Crippen LogP contribution in [0.5, 0.6) is 5.75 Å². The van der Waals surface area contributed by atoms with E-state index in [1.165, 1.54) is 41.9 Å². The van der Waals surface area contributed by atoms with Crippen LogP contribution in [0.15, 0.2) is 54.6 Å². The standard InChI is InChI=1S/C22H23N3O/c1-2-5-16(6-3-1)15-26-19-11-9-18(10-12-19)25-22-20(13-14-23-22)21(24-25)17-7-4-8-17/h1-3,5-6,9-12,17,23H,4,7-8,13-15H2. The molecule has 1 fully saturated rings. The average molecular weight is 345 g/mol. The number of anilines is 1. The molecule has 0 saturated heterocycles. The van der Waals surface area contributed by atoms with E-state index in [0.29, 0.717) is 12.5 Å². The summed E-state index contributed by atoms with van der Waals surface area (Å²) in [4.78, 5) is 0. The molecule has 0 amide bonds. The van der Waals surface area contributed by atoms with E-state index in [1.807, 2.05) is 30.3 Å². The van der Waals surface area contributed by atoms with Crippen LogP contribution in [-0.4, -0.2) is 16.3 Å². The van der Waals surface area contributed by atoms with Crippen molar-refractivity contribution in [3.63, 3.8) is 0 Å². The van der Waals surface area contributed by atoms with Gasteiger partial charge in [-0.25, -0.2) is 4.68 Å². The minimum atomic E-state index is 0.588. The van der Waals surface area contributed by atoms with E-state index in [0.717, 1.165) is 24.4 Å². The first-order chi connectivity index (χ1) is 12.9. The predicted octanol–water partition coefficient (Wildman–Crippen LogP) is 4.69. The molecule has 0 spiro atoms. The molecule has 26 heavy (non-hydrogen) atoms. The summed E-state index contributed by atoms with van der Waals surface area (Å²) in [5.41, 5.74) is 5.02. The van der Waals surface area contributed by atoms with Crippen LogP contribution in [0.3, 0.4) is 0 Å². The lowest BCUT2D eigenvalue weighted by atomic mass is 9.81. The van der Waals surface area contributed by atoms with Gasteiger partial charge < -0.3 is 10.1 Å². The molecule has 1 saturated carbocycles. The maximum Gasteiger partial charge on any atom is 0.133 e. The van der Waals surface area contributed by atoms with Gasteiger partial charge in [0, 0.05) is 18.0 Å². The highest BCUT2D eigenvalue weighted by Crippen LogP contribution is 2.41. The first-order valence-corrected chi connectivity index (χ1v) is 9.51. The third-order valence-corrected chi connectivity index (χ3v) is 5.50. The molecule has 1 N–H and O–H groups in total. The van der Waals surface area contributed by atoms with Gasteiger partial charge in [-0.15, -0.1) is 0 Å². The minimum Gasteiger partial charge on any atom is -0.489 e. The quantitative estimate of drug-likeness (QED) is 0.729. The first-order valence-electron chi connectivity index (χ1n) is 9.51. The number of nitrogens with one attached hydrogen (secondary N) is 1. The number of hydrogen-bond acceptors (Lipinski definition) is 3. The third kappa shape index (κ3) is 2.75. The lowest BCUT2D eigenvalue weighted by molar-refractivity contribution is 0.306. The van der Waals surface area contributed by atoms with Crippen molar-refractivity contribution in [2.75, 3.05) is 11.9 Å². The van der Waals surface area contributed by atoms with E-state index in [4.69, 9.17) is 9.84 Å². The zero-order valence-electron chi connectivity index (χ0n) is 14.8. The van der Waals surface area contributed by atoms with Gasteiger partial charge in [0.2, 0.25) is 0 Å². The Morgan fingerprint density at radius 1 is 1.04 bits per heavy atom. The molecule has 2 heterocycles. The summed E-state index contributed by atoms with van der Waals surface area (Å²) in [6.45, 7) is 1.61. The topological polar surface area (TPSA) is 39.1 Å². The Kier molecular flexibility index (Phi) is 3.89. The molecule has 0 atom stereocenters. The Bertz CT molecular complexity index is 895. The van der Waals surface area contributed by atoms with E-state index >= 15 is 0 Å². The Morgan fingerprint density at radius 3 is 2.58 bits per heavy atom. The smallest absolute Gasteiger partial charge is 0.133 e. The van der Waals surface area contributed by atoms with Gasteiger partial charge in [-0.1, -0.05) is 36.8 Å². The summed E-state index contributed by atoms with van der Waals surface area (Å²) in [7, 11) is 0. The van der Waals surface area contributed by atoms with Crippen molar-refractivity contribution in [1.29, 1.82) is 0 Å². The number of aromatic nitrogens is 2. The molecule has 0 radical (unpaired) electrons. The molecule has 1 aliphatic heterocycles. The van der Waals surface area contributed by atoms with E-state index in [9.17, 15) is 0 Å². The van der Waals surface area contributed by atoms with Crippen LogP contribution < -0.4 is 10.1 Å². The van der Waals surface area contributed by atoms with Crippen LogP contribution in [0.25, 0.3) is 5.69 Å². The SMILES string of the molecule is c1ccc(COc2ccc(-n3nc(C4CCC4)c4c3NCC4)cc2)cc1. The lowest BCUT2D eigenvalue weighted by Gasteiger charge is -2.24. The number of rotatable bonds is 5. The molecule has 2 aliphatic rings. The maximum absolute atomic E-state index is 5.90. The molecule has 4 nitrogen and oxygen atoms in total. The van der Waals surface area contributed by atoms with Crippen molar-refractivity contribution in [1.82, 2.24) is 9.78 Å². The molecule has 4 heteroatoms. The van der Waals surface area contributed by atoms with Crippen molar-refractivity contribution in [3.8, 4) is 11.4 Å². The summed E-state index contributed by atoms with van der Waals surface area (Å²) in [5, 5.41) is 8.48. The lowest BCUT2D eigenvalue weighted by Crippen LogP contribution is -2.12. The van der Waals surface area contributed by atoms with Crippen LogP contribution >= 0.6 is 0 Å². The maximum atomic E-state index is 5.90. The van der Waals surface area contributed by atoms with E-state index in [1.54, 1.807) is 0 Å². The highest BCUT2D eigenvalue weighted by atomic mass is 16.5. The number of hydrogen-bond donors (Lipinski definition) is 1. The van der Waals surface area contributed by atoms with Gasteiger partial charge in [-0.3, -0.25) is 0 Å². The minimum absolute atomic E-state index is 0.588. The fourth-order valence-electron chi connectivity index (χ4n) is 3.82. The van der Waals surface area contributed by atoms with Gasteiger partial charge in [-0.2, -0.15) is 5.10 Å². The number of ether oxygens (including phenoxy) is 1. The van der Waals surface area contributed by atoms with Gasteiger partial charge in [0.05, 0.1) is 11.4 Å².